The van der Waals surface area contributed by atoms with Gasteiger partial charge >= 0.3 is 5.97 Å². The lowest BCUT2D eigenvalue weighted by atomic mass is 10.1. The molecule has 120 valence electrons. The zero-order valence-corrected chi connectivity index (χ0v) is 13.1. The first-order valence-corrected chi connectivity index (χ1v) is 7.70. The average molecular weight is 314 g/mol. The summed E-state index contributed by atoms with van der Waals surface area (Å²) in [4.78, 5) is 12.3. The monoisotopic (exact) mass is 314 g/mol. The molecule has 6 nitrogen and oxygen atoms in total. The van der Waals surface area contributed by atoms with E-state index in [4.69, 9.17) is 14.2 Å². The molecule has 0 amide bonds. The van der Waals surface area contributed by atoms with E-state index in [1.807, 2.05) is 44.6 Å². The molecule has 0 bridgehead atoms. The van der Waals surface area contributed by atoms with Crippen molar-refractivity contribution >= 4 is 5.97 Å². The molecular formula is C17H18N2O4. The largest absolute Gasteiger partial charge is 0.458 e. The second kappa shape index (κ2) is 5.30. The SMILES string of the molecule is C[C@H](OC(=O)[C@@H]1C[C@@H]1c1cnn(C)c1)c1ccc2c(c1)OCO2. The average Bonchev–Trinajstić information content (AvgIpc) is 2.99. The van der Waals surface area contributed by atoms with E-state index in [-0.39, 0.29) is 30.7 Å². The number of aryl methyl sites for hydroxylation is 1. The normalized spacial score (nSPS) is 22.7. The molecule has 2 aromatic rings. The molecule has 0 saturated heterocycles. The number of carbonyl (C=O) groups is 1. The van der Waals surface area contributed by atoms with Gasteiger partial charge in [-0.3, -0.25) is 9.48 Å². The molecule has 3 atom stereocenters. The van der Waals surface area contributed by atoms with Crippen LogP contribution in [0.3, 0.4) is 0 Å². The molecule has 2 heterocycles. The van der Waals surface area contributed by atoms with Crippen molar-refractivity contribution in [2.24, 2.45) is 13.0 Å². The Hall–Kier alpha value is -2.50. The number of hydrogen-bond acceptors (Lipinski definition) is 5. The van der Waals surface area contributed by atoms with Crippen molar-refractivity contribution in [1.29, 1.82) is 0 Å². The Balaban J connectivity index is 1.39. The van der Waals surface area contributed by atoms with Crippen LogP contribution >= 0.6 is 0 Å². The molecule has 1 fully saturated rings. The van der Waals surface area contributed by atoms with E-state index in [0.29, 0.717) is 5.75 Å². The molecule has 1 aliphatic carbocycles. The van der Waals surface area contributed by atoms with Gasteiger partial charge in [-0.15, -0.1) is 0 Å². The lowest BCUT2D eigenvalue weighted by Crippen LogP contribution is -2.11. The molecule has 0 unspecified atom stereocenters. The van der Waals surface area contributed by atoms with Crippen molar-refractivity contribution in [3.8, 4) is 11.5 Å². The van der Waals surface area contributed by atoms with Gasteiger partial charge in [0.05, 0.1) is 12.1 Å². The van der Waals surface area contributed by atoms with Crippen LogP contribution in [-0.4, -0.2) is 22.5 Å². The third-order valence-corrected chi connectivity index (χ3v) is 4.41. The number of nitrogens with zero attached hydrogens (tertiary/aromatic N) is 2. The van der Waals surface area contributed by atoms with Crippen LogP contribution in [0.1, 0.15) is 36.5 Å². The van der Waals surface area contributed by atoms with E-state index >= 15 is 0 Å². The van der Waals surface area contributed by atoms with Gasteiger partial charge < -0.3 is 14.2 Å². The molecule has 6 heteroatoms. The minimum absolute atomic E-state index is 0.0596. The zero-order chi connectivity index (χ0) is 16.0. The summed E-state index contributed by atoms with van der Waals surface area (Å²) in [6.07, 6.45) is 4.30. The quantitative estimate of drug-likeness (QED) is 0.812. The maximum atomic E-state index is 12.3. The fourth-order valence-corrected chi connectivity index (χ4v) is 2.95. The molecule has 0 spiro atoms. The van der Waals surface area contributed by atoms with Crippen LogP contribution in [0.2, 0.25) is 0 Å². The minimum Gasteiger partial charge on any atom is -0.458 e. The second-order valence-electron chi connectivity index (χ2n) is 6.09. The highest BCUT2D eigenvalue weighted by molar-refractivity contribution is 5.77. The van der Waals surface area contributed by atoms with Crippen LogP contribution in [0.4, 0.5) is 0 Å². The number of aromatic nitrogens is 2. The van der Waals surface area contributed by atoms with E-state index in [2.05, 4.69) is 5.10 Å². The van der Waals surface area contributed by atoms with E-state index in [1.165, 1.54) is 0 Å². The summed E-state index contributed by atoms with van der Waals surface area (Å²) >= 11 is 0. The van der Waals surface area contributed by atoms with Gasteiger partial charge in [-0.05, 0) is 36.6 Å². The molecule has 4 rings (SSSR count). The highest BCUT2D eigenvalue weighted by atomic mass is 16.7. The lowest BCUT2D eigenvalue weighted by molar-refractivity contribution is -0.150. The summed E-state index contributed by atoms with van der Waals surface area (Å²) in [5.41, 5.74) is 2.01. The topological polar surface area (TPSA) is 62.6 Å². The van der Waals surface area contributed by atoms with Crippen molar-refractivity contribution < 1.29 is 19.0 Å². The number of esters is 1. The maximum Gasteiger partial charge on any atom is 0.310 e. The summed E-state index contributed by atoms with van der Waals surface area (Å²) in [5, 5.41) is 4.15. The van der Waals surface area contributed by atoms with Crippen LogP contribution in [0, 0.1) is 5.92 Å². The summed E-state index contributed by atoms with van der Waals surface area (Å²) < 4.78 is 18.0. The molecule has 0 radical (unpaired) electrons. The Morgan fingerprint density at radius 1 is 1.39 bits per heavy atom. The van der Waals surface area contributed by atoms with Gasteiger partial charge in [0.25, 0.3) is 0 Å². The van der Waals surface area contributed by atoms with Gasteiger partial charge in [-0.2, -0.15) is 5.10 Å². The third kappa shape index (κ3) is 2.65. The number of fused-ring (bicyclic) bond motifs is 1. The molecule has 1 aliphatic heterocycles. The van der Waals surface area contributed by atoms with Crippen molar-refractivity contribution in [2.45, 2.75) is 25.4 Å². The smallest absolute Gasteiger partial charge is 0.310 e. The predicted octanol–water partition coefficient (Wildman–Crippen LogP) is 2.56. The van der Waals surface area contributed by atoms with E-state index < -0.39 is 0 Å². The van der Waals surface area contributed by atoms with Gasteiger partial charge in [0.1, 0.15) is 6.10 Å². The lowest BCUT2D eigenvalue weighted by Gasteiger charge is -2.14. The number of ether oxygens (including phenoxy) is 3. The summed E-state index contributed by atoms with van der Waals surface area (Å²) in [7, 11) is 1.88. The Morgan fingerprint density at radius 3 is 3.00 bits per heavy atom. The second-order valence-corrected chi connectivity index (χ2v) is 6.09. The van der Waals surface area contributed by atoms with Crippen molar-refractivity contribution in [1.82, 2.24) is 9.78 Å². The van der Waals surface area contributed by atoms with Gasteiger partial charge in [-0.25, -0.2) is 0 Å². The van der Waals surface area contributed by atoms with Gasteiger partial charge in [0.15, 0.2) is 11.5 Å². The van der Waals surface area contributed by atoms with Crippen LogP contribution < -0.4 is 9.47 Å². The van der Waals surface area contributed by atoms with Crippen LogP contribution in [0.15, 0.2) is 30.6 Å². The molecule has 1 aromatic carbocycles. The Bertz CT molecular complexity index is 755. The summed E-state index contributed by atoms with van der Waals surface area (Å²) in [5.74, 6) is 1.45. The van der Waals surface area contributed by atoms with E-state index in [9.17, 15) is 4.79 Å². The first-order valence-electron chi connectivity index (χ1n) is 7.70. The molecule has 23 heavy (non-hydrogen) atoms. The van der Waals surface area contributed by atoms with Gasteiger partial charge in [-0.1, -0.05) is 6.07 Å². The highest BCUT2D eigenvalue weighted by Crippen LogP contribution is 2.48. The molecule has 1 saturated carbocycles. The Labute approximate surface area is 134 Å². The molecule has 2 aliphatic rings. The van der Waals surface area contributed by atoms with Gasteiger partial charge in [0, 0.05) is 19.2 Å². The first-order chi connectivity index (χ1) is 11.1. The Morgan fingerprint density at radius 2 is 2.22 bits per heavy atom. The highest BCUT2D eigenvalue weighted by Gasteiger charge is 2.46. The van der Waals surface area contributed by atoms with Crippen LogP contribution in [0.5, 0.6) is 11.5 Å². The number of rotatable bonds is 4. The molecule has 1 aromatic heterocycles. The minimum atomic E-state index is -0.313. The summed E-state index contributed by atoms with van der Waals surface area (Å²) in [6, 6.07) is 5.61. The maximum absolute atomic E-state index is 12.3. The van der Waals surface area contributed by atoms with Crippen molar-refractivity contribution in [2.75, 3.05) is 6.79 Å². The first kappa shape index (κ1) is 14.1. The third-order valence-electron chi connectivity index (χ3n) is 4.41. The standard InChI is InChI=1S/C17H18N2O4/c1-10(11-3-4-15-16(5-11)22-9-21-15)23-17(20)14-6-13(14)12-7-18-19(2)8-12/h3-5,7-8,10,13-14H,6,9H2,1-2H3/t10-,13+,14+/m0/s1. The molecular weight excluding hydrogens is 296 g/mol. The van der Waals surface area contributed by atoms with E-state index in [1.54, 1.807) is 4.68 Å². The van der Waals surface area contributed by atoms with Crippen LogP contribution in [0.25, 0.3) is 0 Å². The molecule has 0 N–H and O–H groups in total. The Kier molecular flexibility index (Phi) is 3.25. The fourth-order valence-electron chi connectivity index (χ4n) is 2.95. The van der Waals surface area contributed by atoms with Crippen LogP contribution in [-0.2, 0) is 16.6 Å². The zero-order valence-electron chi connectivity index (χ0n) is 13.1. The summed E-state index contributed by atoms with van der Waals surface area (Å²) in [6.45, 7) is 2.11. The predicted molar refractivity (Wildman–Crippen MR) is 81.1 cm³/mol. The number of benzene rings is 1. The van der Waals surface area contributed by atoms with Crippen molar-refractivity contribution in [3.63, 3.8) is 0 Å². The number of hydrogen-bond donors (Lipinski definition) is 0. The van der Waals surface area contributed by atoms with Gasteiger partial charge in [0.2, 0.25) is 6.79 Å². The number of carbonyl (C=O) groups excluding carboxylic acids is 1. The van der Waals surface area contributed by atoms with Crippen molar-refractivity contribution in [3.05, 3.63) is 41.7 Å². The van der Waals surface area contributed by atoms with E-state index in [0.717, 1.165) is 23.3 Å². The fraction of sp³-hybridized carbons (Fsp3) is 0.412.